The smallest absolute Gasteiger partial charge is 0.233 e. The van der Waals surface area contributed by atoms with Crippen molar-refractivity contribution < 1.29 is 9.53 Å². The zero-order valence-corrected chi connectivity index (χ0v) is 14.3. The van der Waals surface area contributed by atoms with Gasteiger partial charge in [-0.3, -0.25) is 9.36 Å². The molecule has 2 aromatic heterocycles. The summed E-state index contributed by atoms with van der Waals surface area (Å²) < 4.78 is 7.50. The molecular weight excluding hydrogens is 332 g/mol. The fourth-order valence-electron chi connectivity index (χ4n) is 2.64. The van der Waals surface area contributed by atoms with Gasteiger partial charge in [0.05, 0.1) is 23.8 Å². The lowest BCUT2D eigenvalue weighted by Gasteiger charge is -2.26. The summed E-state index contributed by atoms with van der Waals surface area (Å²) in [6, 6.07) is 4.59. The van der Waals surface area contributed by atoms with E-state index in [0.717, 1.165) is 15.9 Å². The highest BCUT2D eigenvalue weighted by Gasteiger charge is 2.31. The van der Waals surface area contributed by atoms with Gasteiger partial charge < -0.3 is 9.64 Å². The van der Waals surface area contributed by atoms with Crippen molar-refractivity contribution in [1.82, 2.24) is 19.7 Å². The van der Waals surface area contributed by atoms with Gasteiger partial charge in [0.15, 0.2) is 11.0 Å². The molecule has 1 saturated carbocycles. The van der Waals surface area contributed by atoms with E-state index < -0.39 is 0 Å². The van der Waals surface area contributed by atoms with Crippen molar-refractivity contribution in [1.29, 1.82) is 0 Å². The number of morpholine rings is 1. The number of aromatic nitrogens is 3. The van der Waals surface area contributed by atoms with Gasteiger partial charge in [-0.1, -0.05) is 17.8 Å². The highest BCUT2D eigenvalue weighted by molar-refractivity contribution is 7.99. The molecule has 8 heteroatoms. The van der Waals surface area contributed by atoms with Crippen LogP contribution in [0, 0.1) is 0 Å². The number of thiophene rings is 1. The molecule has 1 amide bonds. The zero-order chi connectivity index (χ0) is 15.6. The molecule has 0 N–H and O–H groups in total. The van der Waals surface area contributed by atoms with E-state index in [9.17, 15) is 4.79 Å². The second kappa shape index (κ2) is 6.62. The first-order chi connectivity index (χ1) is 11.3. The van der Waals surface area contributed by atoms with Crippen molar-refractivity contribution in [2.75, 3.05) is 32.1 Å². The third-order valence-corrected chi connectivity index (χ3v) is 5.80. The number of hydrogen-bond acceptors (Lipinski definition) is 6. The number of amides is 1. The number of thioether (sulfide) groups is 1. The van der Waals surface area contributed by atoms with Crippen LogP contribution in [-0.2, 0) is 9.53 Å². The molecule has 0 spiro atoms. The average molecular weight is 350 g/mol. The van der Waals surface area contributed by atoms with E-state index >= 15 is 0 Å². The minimum atomic E-state index is 0.154. The van der Waals surface area contributed by atoms with Gasteiger partial charge in [0, 0.05) is 19.1 Å². The fourth-order valence-corrected chi connectivity index (χ4v) is 4.26. The van der Waals surface area contributed by atoms with Crippen LogP contribution in [0.4, 0.5) is 0 Å². The molecule has 0 atom stereocenters. The molecule has 0 aromatic carbocycles. The first-order valence-electron chi connectivity index (χ1n) is 7.80. The number of carbonyl (C=O) groups is 1. The molecule has 1 aliphatic carbocycles. The SMILES string of the molecule is O=C(CSc1nnc(-c2cccs2)n1C1CC1)N1CCOCC1. The Bertz CT molecular complexity index is 676. The van der Waals surface area contributed by atoms with Crippen molar-refractivity contribution >= 4 is 29.0 Å². The van der Waals surface area contributed by atoms with Crippen LogP contribution in [-0.4, -0.2) is 57.6 Å². The Morgan fingerprint density at radius 2 is 2.17 bits per heavy atom. The van der Waals surface area contributed by atoms with Crippen molar-refractivity contribution in [2.24, 2.45) is 0 Å². The first-order valence-corrected chi connectivity index (χ1v) is 9.66. The molecule has 0 unspecified atom stereocenters. The fraction of sp³-hybridized carbons (Fsp3) is 0.533. The Balaban J connectivity index is 1.47. The molecule has 0 bridgehead atoms. The summed E-state index contributed by atoms with van der Waals surface area (Å²) in [5.41, 5.74) is 0. The summed E-state index contributed by atoms with van der Waals surface area (Å²) in [4.78, 5) is 15.3. The van der Waals surface area contributed by atoms with Crippen LogP contribution in [0.2, 0.25) is 0 Å². The molecule has 23 heavy (non-hydrogen) atoms. The maximum absolute atomic E-state index is 12.3. The summed E-state index contributed by atoms with van der Waals surface area (Å²) in [5, 5.41) is 11.6. The number of ether oxygens (including phenoxy) is 1. The third kappa shape index (κ3) is 3.29. The summed E-state index contributed by atoms with van der Waals surface area (Å²) in [7, 11) is 0. The molecule has 122 valence electrons. The van der Waals surface area contributed by atoms with Crippen molar-refractivity contribution in [3.63, 3.8) is 0 Å². The standard InChI is InChI=1S/C15H18N4O2S2/c20-13(18-5-7-21-8-6-18)10-23-15-17-16-14(12-2-1-9-22-12)19(15)11-3-4-11/h1-2,9,11H,3-8,10H2. The number of carbonyl (C=O) groups excluding carboxylic acids is 1. The van der Waals surface area contributed by atoms with E-state index in [1.54, 1.807) is 11.3 Å². The Labute approximate surface area is 142 Å². The second-order valence-corrected chi connectivity index (χ2v) is 7.56. The summed E-state index contributed by atoms with van der Waals surface area (Å²) in [6.07, 6.45) is 2.34. The minimum absolute atomic E-state index is 0.154. The normalized spacial score (nSPS) is 18.3. The molecule has 4 rings (SSSR count). The maximum Gasteiger partial charge on any atom is 0.233 e. The topological polar surface area (TPSA) is 60.2 Å². The van der Waals surface area contributed by atoms with E-state index in [4.69, 9.17) is 4.74 Å². The Morgan fingerprint density at radius 1 is 1.35 bits per heavy atom. The van der Waals surface area contributed by atoms with Crippen LogP contribution in [0.5, 0.6) is 0 Å². The quantitative estimate of drug-likeness (QED) is 0.775. The first kappa shape index (κ1) is 15.2. The molecule has 6 nitrogen and oxygen atoms in total. The maximum atomic E-state index is 12.3. The number of nitrogens with zero attached hydrogens (tertiary/aromatic N) is 4. The van der Waals surface area contributed by atoms with E-state index in [-0.39, 0.29) is 5.91 Å². The Morgan fingerprint density at radius 3 is 2.87 bits per heavy atom. The van der Waals surface area contributed by atoms with Gasteiger partial charge >= 0.3 is 0 Å². The van der Waals surface area contributed by atoms with E-state index in [2.05, 4.69) is 26.2 Å². The second-order valence-electron chi connectivity index (χ2n) is 5.67. The van der Waals surface area contributed by atoms with Crippen molar-refractivity contribution in [2.45, 2.75) is 24.0 Å². The van der Waals surface area contributed by atoms with Crippen molar-refractivity contribution in [3.05, 3.63) is 17.5 Å². The van der Waals surface area contributed by atoms with E-state index in [1.165, 1.54) is 24.6 Å². The minimum Gasteiger partial charge on any atom is -0.378 e. The molecule has 1 aliphatic heterocycles. The molecule has 3 heterocycles. The molecule has 1 saturated heterocycles. The molecule has 2 fully saturated rings. The van der Waals surface area contributed by atoms with Crippen LogP contribution in [0.1, 0.15) is 18.9 Å². The van der Waals surface area contributed by atoms with E-state index in [1.807, 2.05) is 11.0 Å². The van der Waals surface area contributed by atoms with Gasteiger partial charge in [-0.05, 0) is 24.3 Å². The molecule has 0 radical (unpaired) electrons. The summed E-state index contributed by atoms with van der Waals surface area (Å²) in [6.45, 7) is 2.65. The third-order valence-electron chi connectivity index (χ3n) is 4.01. The predicted octanol–water partition coefficient (Wildman–Crippen LogP) is 2.29. The van der Waals surface area contributed by atoms with Crippen LogP contribution < -0.4 is 0 Å². The molecular formula is C15H18N4O2S2. The largest absolute Gasteiger partial charge is 0.378 e. The number of rotatable bonds is 5. The van der Waals surface area contributed by atoms with Gasteiger partial charge in [-0.2, -0.15) is 0 Å². The van der Waals surface area contributed by atoms with Crippen molar-refractivity contribution in [3.8, 4) is 10.7 Å². The van der Waals surface area contributed by atoms with Crippen LogP contribution in [0.25, 0.3) is 10.7 Å². The average Bonchev–Trinajstić information content (AvgIpc) is 3.12. The molecule has 2 aromatic rings. The Kier molecular flexibility index (Phi) is 4.37. The lowest BCUT2D eigenvalue weighted by atomic mass is 10.4. The predicted molar refractivity (Wildman–Crippen MR) is 89.7 cm³/mol. The van der Waals surface area contributed by atoms with Gasteiger partial charge in [0.25, 0.3) is 0 Å². The van der Waals surface area contributed by atoms with Crippen LogP contribution >= 0.6 is 23.1 Å². The molecule has 2 aliphatic rings. The summed E-state index contributed by atoms with van der Waals surface area (Å²) in [5.74, 6) is 1.50. The highest BCUT2D eigenvalue weighted by atomic mass is 32.2. The van der Waals surface area contributed by atoms with Crippen LogP contribution in [0.15, 0.2) is 22.7 Å². The lowest BCUT2D eigenvalue weighted by Crippen LogP contribution is -2.41. The number of hydrogen-bond donors (Lipinski definition) is 0. The monoisotopic (exact) mass is 350 g/mol. The van der Waals surface area contributed by atoms with Crippen LogP contribution in [0.3, 0.4) is 0 Å². The lowest BCUT2D eigenvalue weighted by molar-refractivity contribution is -0.132. The van der Waals surface area contributed by atoms with Gasteiger partial charge in [0.1, 0.15) is 0 Å². The Hall–Kier alpha value is -1.38. The van der Waals surface area contributed by atoms with Gasteiger partial charge in [-0.15, -0.1) is 21.5 Å². The summed E-state index contributed by atoms with van der Waals surface area (Å²) >= 11 is 3.17. The van der Waals surface area contributed by atoms with Gasteiger partial charge in [0.2, 0.25) is 5.91 Å². The van der Waals surface area contributed by atoms with E-state index in [0.29, 0.717) is 38.1 Å². The zero-order valence-electron chi connectivity index (χ0n) is 12.7. The van der Waals surface area contributed by atoms with Gasteiger partial charge in [-0.25, -0.2) is 0 Å². The highest BCUT2D eigenvalue weighted by Crippen LogP contribution is 2.41.